The summed E-state index contributed by atoms with van der Waals surface area (Å²) in [6, 6.07) is 3.27. The molecule has 0 heterocycles. The van der Waals surface area contributed by atoms with E-state index in [2.05, 4.69) is 63.7 Å². The van der Waals surface area contributed by atoms with Crippen molar-refractivity contribution in [3.05, 3.63) is 43.0 Å². The summed E-state index contributed by atoms with van der Waals surface area (Å²) in [7, 11) is 0. The first-order valence-electron chi connectivity index (χ1n) is 5.24. The molecule has 0 aliphatic heterocycles. The quantitative estimate of drug-likeness (QED) is 0.325. The predicted molar refractivity (Wildman–Crippen MR) is 89.9 cm³/mol. The van der Waals surface area contributed by atoms with Gasteiger partial charge < -0.3 is 20.4 Å². The van der Waals surface area contributed by atoms with E-state index in [1.807, 2.05) is 0 Å². The summed E-state index contributed by atoms with van der Waals surface area (Å²) < 4.78 is 1.20. The molecule has 0 radical (unpaired) electrons. The van der Waals surface area contributed by atoms with Gasteiger partial charge in [0.15, 0.2) is 0 Å². The van der Waals surface area contributed by atoms with E-state index in [1.165, 1.54) is 6.08 Å². The van der Waals surface area contributed by atoms with E-state index in [0.717, 1.165) is 0 Å². The van der Waals surface area contributed by atoms with Gasteiger partial charge in [-0.05, 0) is 50.1 Å². The third-order valence-corrected chi connectivity index (χ3v) is 5.76. The van der Waals surface area contributed by atoms with Crippen LogP contribution in [-0.4, -0.2) is 31.0 Å². The molecular formula is C12H8Br4O4. The minimum absolute atomic E-state index is 0.0608. The van der Waals surface area contributed by atoms with Crippen molar-refractivity contribution in [2.45, 2.75) is 10.6 Å². The van der Waals surface area contributed by atoms with Gasteiger partial charge in [-0.1, -0.05) is 31.9 Å². The Morgan fingerprint density at radius 2 is 1.65 bits per heavy atom. The van der Waals surface area contributed by atoms with Crippen molar-refractivity contribution < 1.29 is 20.4 Å². The highest BCUT2D eigenvalue weighted by atomic mass is 79.9. The molecule has 1 aliphatic carbocycles. The molecule has 8 heteroatoms. The second-order valence-corrected chi connectivity index (χ2v) is 7.70. The first-order valence-corrected chi connectivity index (χ1v) is 8.53. The number of alkyl halides is 1. The van der Waals surface area contributed by atoms with E-state index in [9.17, 15) is 20.4 Å². The number of phenols is 1. The van der Waals surface area contributed by atoms with Crippen LogP contribution in [0.4, 0.5) is 0 Å². The lowest BCUT2D eigenvalue weighted by Gasteiger charge is -2.31. The Kier molecular flexibility index (Phi) is 4.73. The van der Waals surface area contributed by atoms with Crippen LogP contribution in [0.1, 0.15) is 5.56 Å². The van der Waals surface area contributed by atoms with Gasteiger partial charge in [0.05, 0.1) is 8.96 Å². The Morgan fingerprint density at radius 3 is 2.25 bits per heavy atom. The van der Waals surface area contributed by atoms with Crippen molar-refractivity contribution in [3.63, 3.8) is 0 Å². The molecule has 4 N–H and O–H groups in total. The second kappa shape index (κ2) is 5.73. The van der Waals surface area contributed by atoms with Crippen LogP contribution in [0.25, 0.3) is 5.57 Å². The Bertz CT molecular complexity index is 637. The van der Waals surface area contributed by atoms with E-state index in [4.69, 9.17) is 0 Å². The highest BCUT2D eigenvalue weighted by Gasteiger charge is 2.43. The summed E-state index contributed by atoms with van der Waals surface area (Å²) in [5.74, 6) is -2.61. The number of benzene rings is 1. The number of allylic oxidation sites excluding steroid dienone is 2. The van der Waals surface area contributed by atoms with Crippen molar-refractivity contribution in [2.75, 3.05) is 0 Å². The van der Waals surface area contributed by atoms with Crippen LogP contribution in [-0.2, 0) is 0 Å². The minimum Gasteiger partial charge on any atom is -0.510 e. The second-order valence-electron chi connectivity index (χ2n) is 4.16. The molecule has 0 bridgehead atoms. The Morgan fingerprint density at radius 1 is 1.05 bits per heavy atom. The maximum atomic E-state index is 10.2. The maximum Gasteiger partial charge on any atom is 0.216 e. The fourth-order valence-corrected chi connectivity index (χ4v) is 4.23. The van der Waals surface area contributed by atoms with E-state index < -0.39 is 10.6 Å². The Hall–Kier alpha value is 0.140. The van der Waals surface area contributed by atoms with Gasteiger partial charge in [0, 0.05) is 15.6 Å². The SMILES string of the molecule is OC1=C(c2cc(Br)cc(Br)c2O)C=C(Br)C(O)(O)C1Br. The van der Waals surface area contributed by atoms with Gasteiger partial charge >= 0.3 is 0 Å². The van der Waals surface area contributed by atoms with Gasteiger partial charge in [0.25, 0.3) is 0 Å². The number of aromatic hydroxyl groups is 1. The summed E-state index contributed by atoms with van der Waals surface area (Å²) in [4.78, 5) is -1.12. The van der Waals surface area contributed by atoms with Gasteiger partial charge in [-0.25, -0.2) is 0 Å². The normalized spacial score (nSPS) is 21.9. The fourth-order valence-electron chi connectivity index (χ4n) is 1.74. The lowest BCUT2D eigenvalue weighted by molar-refractivity contribution is -0.118. The summed E-state index contributed by atoms with van der Waals surface area (Å²) in [5.41, 5.74) is 0.623. The van der Waals surface area contributed by atoms with Crippen LogP contribution in [0, 0.1) is 0 Å². The van der Waals surface area contributed by atoms with Crippen LogP contribution in [0.2, 0.25) is 0 Å². The van der Waals surface area contributed by atoms with Crippen LogP contribution < -0.4 is 0 Å². The zero-order valence-electron chi connectivity index (χ0n) is 9.61. The monoisotopic (exact) mass is 532 g/mol. The number of aliphatic hydroxyl groups is 3. The average molecular weight is 536 g/mol. The highest BCUT2D eigenvalue weighted by molar-refractivity contribution is 9.12. The molecule has 1 aromatic carbocycles. The molecule has 0 aromatic heterocycles. The number of halogens is 4. The van der Waals surface area contributed by atoms with E-state index >= 15 is 0 Å². The number of aliphatic hydroxyl groups excluding tert-OH is 1. The molecular weight excluding hydrogens is 528 g/mol. The Balaban J connectivity index is 2.68. The van der Waals surface area contributed by atoms with Gasteiger partial charge in [-0.3, -0.25) is 0 Å². The Labute approximate surface area is 148 Å². The molecule has 0 saturated carbocycles. The third-order valence-electron chi connectivity index (χ3n) is 2.81. The molecule has 2 rings (SSSR count). The minimum atomic E-state index is -2.26. The smallest absolute Gasteiger partial charge is 0.216 e. The fraction of sp³-hybridized carbons (Fsp3) is 0.167. The first-order chi connectivity index (χ1) is 9.16. The van der Waals surface area contributed by atoms with E-state index in [1.54, 1.807) is 12.1 Å². The average Bonchev–Trinajstić information content (AvgIpc) is 2.36. The number of rotatable bonds is 1. The van der Waals surface area contributed by atoms with Crippen molar-refractivity contribution in [2.24, 2.45) is 0 Å². The van der Waals surface area contributed by atoms with Gasteiger partial charge in [0.2, 0.25) is 5.79 Å². The van der Waals surface area contributed by atoms with Crippen molar-refractivity contribution in [1.29, 1.82) is 0 Å². The standard InChI is InChI=1S/C12H8Br4O4/c13-4-1-5(9(17)7(14)2-4)6-3-8(15)12(19,20)11(16)10(6)18/h1-3,11,17-20H. The molecule has 1 aromatic rings. The van der Waals surface area contributed by atoms with Gasteiger partial charge in [0.1, 0.15) is 16.3 Å². The predicted octanol–water partition coefficient (Wildman–Crippen LogP) is 3.92. The molecule has 1 atom stereocenters. The topological polar surface area (TPSA) is 80.9 Å². The molecule has 0 fully saturated rings. The van der Waals surface area contributed by atoms with Crippen LogP contribution in [0.3, 0.4) is 0 Å². The van der Waals surface area contributed by atoms with E-state index in [0.29, 0.717) is 14.5 Å². The third kappa shape index (κ3) is 2.74. The highest BCUT2D eigenvalue weighted by Crippen LogP contribution is 2.44. The molecule has 1 aliphatic rings. The molecule has 0 spiro atoms. The zero-order chi connectivity index (χ0) is 15.2. The molecule has 1 unspecified atom stereocenters. The maximum absolute atomic E-state index is 10.2. The zero-order valence-corrected chi connectivity index (χ0v) is 16.0. The van der Waals surface area contributed by atoms with Crippen molar-refractivity contribution in [1.82, 2.24) is 0 Å². The summed E-state index contributed by atoms with van der Waals surface area (Å²) in [5, 5.41) is 39.9. The van der Waals surface area contributed by atoms with Crippen LogP contribution in [0.15, 0.2) is 37.4 Å². The summed E-state index contributed by atoms with van der Waals surface area (Å²) in [6.07, 6.45) is 1.35. The lowest BCUT2D eigenvalue weighted by atomic mass is 9.94. The van der Waals surface area contributed by atoms with Crippen LogP contribution >= 0.6 is 63.7 Å². The number of hydrogen-bond acceptors (Lipinski definition) is 4. The van der Waals surface area contributed by atoms with Crippen molar-refractivity contribution >= 4 is 69.3 Å². The number of hydrogen-bond donors (Lipinski definition) is 4. The summed E-state index contributed by atoms with van der Waals surface area (Å²) in [6.45, 7) is 0. The molecule has 20 heavy (non-hydrogen) atoms. The van der Waals surface area contributed by atoms with Crippen molar-refractivity contribution in [3.8, 4) is 5.75 Å². The lowest BCUT2D eigenvalue weighted by Crippen LogP contribution is -2.42. The first kappa shape index (κ1) is 16.5. The van der Waals surface area contributed by atoms with Gasteiger partial charge in [-0.2, -0.15) is 0 Å². The van der Waals surface area contributed by atoms with E-state index in [-0.39, 0.29) is 21.6 Å². The largest absolute Gasteiger partial charge is 0.510 e. The molecule has 0 saturated heterocycles. The number of phenolic OH excluding ortho intramolecular Hbond substituents is 1. The molecule has 4 nitrogen and oxygen atoms in total. The van der Waals surface area contributed by atoms with Crippen LogP contribution in [0.5, 0.6) is 5.75 Å². The molecule has 108 valence electrons. The summed E-state index contributed by atoms with van der Waals surface area (Å²) >= 11 is 12.6. The van der Waals surface area contributed by atoms with Gasteiger partial charge in [-0.15, -0.1) is 0 Å². The molecule has 0 amide bonds.